The van der Waals surface area contributed by atoms with Crippen LogP contribution in [0.4, 0.5) is 5.69 Å². The number of hydrogen-bond acceptors (Lipinski definition) is 8. The molecule has 0 spiro atoms. The van der Waals surface area contributed by atoms with Crippen LogP contribution in [-0.4, -0.2) is 53.0 Å². The van der Waals surface area contributed by atoms with Crippen LogP contribution in [0.1, 0.15) is 19.7 Å². The maximum absolute atomic E-state index is 11.5. The van der Waals surface area contributed by atoms with Gasteiger partial charge in [-0.15, -0.1) is 0 Å². The number of nitrogens with zero attached hydrogens (tertiary/aromatic N) is 4. The Bertz CT molecular complexity index is 832. The van der Waals surface area contributed by atoms with E-state index < -0.39 is 14.8 Å². The molecule has 0 radical (unpaired) electrons. The topological polar surface area (TPSA) is 119 Å². The van der Waals surface area contributed by atoms with E-state index in [-0.39, 0.29) is 17.5 Å². The molecule has 0 N–H and O–H groups in total. The first kappa shape index (κ1) is 19.0. The Balaban J connectivity index is 2.10. The summed E-state index contributed by atoms with van der Waals surface area (Å²) in [7, 11) is -3.08. The Kier molecular flexibility index (Phi) is 5.85. The predicted octanol–water partition coefficient (Wildman–Crippen LogP) is 1.90. The van der Waals surface area contributed by atoms with Crippen LogP contribution in [0.25, 0.3) is 11.4 Å². The van der Waals surface area contributed by atoms with Crippen LogP contribution >= 0.6 is 0 Å². The van der Waals surface area contributed by atoms with Gasteiger partial charge in [0.25, 0.3) is 5.69 Å². The second kappa shape index (κ2) is 7.70. The molecule has 0 amide bonds. The third-order valence-corrected chi connectivity index (χ3v) is 4.80. The summed E-state index contributed by atoms with van der Waals surface area (Å²) in [5.74, 6) is 0.733. The highest BCUT2D eigenvalue weighted by molar-refractivity contribution is 7.90. The minimum absolute atomic E-state index is 0.0146. The Morgan fingerprint density at radius 2 is 1.96 bits per heavy atom. The highest BCUT2D eigenvalue weighted by Crippen LogP contribution is 2.20. The van der Waals surface area contributed by atoms with E-state index in [2.05, 4.69) is 10.1 Å². The van der Waals surface area contributed by atoms with Gasteiger partial charge in [-0.3, -0.25) is 15.0 Å². The molecule has 2 rings (SSSR count). The largest absolute Gasteiger partial charge is 0.338 e. The molecule has 1 aromatic carbocycles. The summed E-state index contributed by atoms with van der Waals surface area (Å²) in [6, 6.07) is 5.66. The molecule has 1 unspecified atom stereocenters. The lowest BCUT2D eigenvalue weighted by Crippen LogP contribution is -2.37. The number of rotatable bonds is 8. The summed E-state index contributed by atoms with van der Waals surface area (Å²) in [6.07, 6.45) is 1.21. The molecule has 0 saturated heterocycles. The van der Waals surface area contributed by atoms with Gasteiger partial charge in [0.15, 0.2) is 0 Å². The van der Waals surface area contributed by atoms with Crippen molar-refractivity contribution in [1.82, 2.24) is 15.0 Å². The molecule has 0 saturated carbocycles. The quantitative estimate of drug-likeness (QED) is 0.512. The van der Waals surface area contributed by atoms with Crippen molar-refractivity contribution in [3.8, 4) is 11.4 Å². The van der Waals surface area contributed by atoms with Crippen molar-refractivity contribution in [1.29, 1.82) is 0 Å². The molecule has 25 heavy (non-hydrogen) atoms. The standard InChI is InChI=1S/C15H20N4O5S/c1-4-18(11(2)10-25(3,22)23)9-14-16-15(17-24-14)12-5-7-13(8-6-12)19(20)21/h5-8,11H,4,9-10H2,1-3H3. The second-order valence-electron chi connectivity index (χ2n) is 5.82. The van der Waals surface area contributed by atoms with E-state index in [0.717, 1.165) is 0 Å². The minimum atomic E-state index is -3.08. The Morgan fingerprint density at radius 3 is 2.48 bits per heavy atom. The fourth-order valence-electron chi connectivity index (χ4n) is 2.47. The Morgan fingerprint density at radius 1 is 1.32 bits per heavy atom. The van der Waals surface area contributed by atoms with Gasteiger partial charge in [-0.05, 0) is 25.6 Å². The van der Waals surface area contributed by atoms with E-state index in [9.17, 15) is 18.5 Å². The molecule has 0 aliphatic heterocycles. The van der Waals surface area contributed by atoms with E-state index in [1.807, 2.05) is 18.7 Å². The number of nitro benzene ring substituents is 1. The van der Waals surface area contributed by atoms with Crippen molar-refractivity contribution < 1.29 is 17.9 Å². The summed E-state index contributed by atoms with van der Waals surface area (Å²) < 4.78 is 28.1. The van der Waals surface area contributed by atoms with Crippen molar-refractivity contribution in [2.75, 3.05) is 18.6 Å². The van der Waals surface area contributed by atoms with E-state index in [0.29, 0.717) is 30.4 Å². The third-order valence-electron chi connectivity index (χ3n) is 3.72. The molecule has 9 nitrogen and oxygen atoms in total. The molecule has 1 heterocycles. The fourth-order valence-corrected chi connectivity index (χ4v) is 3.55. The van der Waals surface area contributed by atoms with Crippen molar-refractivity contribution in [2.45, 2.75) is 26.4 Å². The number of nitro groups is 1. The maximum Gasteiger partial charge on any atom is 0.269 e. The molecule has 0 fully saturated rings. The molecular formula is C15H20N4O5S. The smallest absolute Gasteiger partial charge is 0.269 e. The van der Waals surface area contributed by atoms with Gasteiger partial charge in [-0.1, -0.05) is 12.1 Å². The third kappa shape index (κ3) is 5.33. The lowest BCUT2D eigenvalue weighted by molar-refractivity contribution is -0.384. The first-order valence-corrected chi connectivity index (χ1v) is 9.75. The van der Waals surface area contributed by atoms with Crippen LogP contribution in [-0.2, 0) is 16.4 Å². The van der Waals surface area contributed by atoms with Gasteiger partial charge >= 0.3 is 0 Å². The molecule has 1 aromatic heterocycles. The maximum atomic E-state index is 11.5. The first-order valence-electron chi connectivity index (χ1n) is 7.68. The van der Waals surface area contributed by atoms with E-state index in [1.54, 1.807) is 12.1 Å². The highest BCUT2D eigenvalue weighted by Gasteiger charge is 2.20. The zero-order chi connectivity index (χ0) is 18.6. The fraction of sp³-hybridized carbons (Fsp3) is 0.467. The van der Waals surface area contributed by atoms with Crippen molar-refractivity contribution in [2.24, 2.45) is 0 Å². The molecule has 2 aromatic rings. The second-order valence-corrected chi connectivity index (χ2v) is 8.01. The monoisotopic (exact) mass is 368 g/mol. The van der Waals surface area contributed by atoms with Gasteiger partial charge in [0.05, 0.1) is 17.2 Å². The van der Waals surface area contributed by atoms with Crippen LogP contribution in [0, 0.1) is 10.1 Å². The van der Waals surface area contributed by atoms with Crippen LogP contribution < -0.4 is 0 Å². The normalized spacial score (nSPS) is 13.1. The summed E-state index contributed by atoms with van der Waals surface area (Å²) in [4.78, 5) is 16.4. The zero-order valence-electron chi connectivity index (χ0n) is 14.2. The average molecular weight is 368 g/mol. The van der Waals surface area contributed by atoms with Crippen LogP contribution in [0.3, 0.4) is 0 Å². The van der Waals surface area contributed by atoms with Gasteiger partial charge < -0.3 is 4.52 Å². The van der Waals surface area contributed by atoms with Crippen molar-refractivity contribution >= 4 is 15.5 Å². The SMILES string of the molecule is CCN(Cc1nc(-c2ccc([N+](=O)[O-])cc2)no1)C(C)CS(C)(=O)=O. The number of sulfone groups is 1. The van der Waals surface area contributed by atoms with Crippen molar-refractivity contribution in [3.05, 3.63) is 40.3 Å². The molecule has 10 heteroatoms. The molecular weight excluding hydrogens is 348 g/mol. The van der Waals surface area contributed by atoms with Gasteiger partial charge in [0, 0.05) is 30.0 Å². The summed E-state index contributed by atoms with van der Waals surface area (Å²) >= 11 is 0. The summed E-state index contributed by atoms with van der Waals surface area (Å²) in [5, 5.41) is 14.6. The van der Waals surface area contributed by atoms with Gasteiger partial charge in [-0.25, -0.2) is 8.42 Å². The number of benzene rings is 1. The van der Waals surface area contributed by atoms with Crippen LogP contribution in [0.5, 0.6) is 0 Å². The lowest BCUT2D eigenvalue weighted by Gasteiger charge is -2.25. The molecule has 1 atom stereocenters. The Labute approximate surface area is 145 Å². The minimum Gasteiger partial charge on any atom is -0.338 e. The summed E-state index contributed by atoms with van der Waals surface area (Å²) in [5.41, 5.74) is 0.590. The molecule has 136 valence electrons. The van der Waals surface area contributed by atoms with Gasteiger partial charge in [0.2, 0.25) is 11.7 Å². The first-order chi connectivity index (χ1) is 11.7. The van der Waals surface area contributed by atoms with Crippen molar-refractivity contribution in [3.63, 3.8) is 0 Å². The van der Waals surface area contributed by atoms with E-state index in [1.165, 1.54) is 18.4 Å². The number of aromatic nitrogens is 2. The van der Waals surface area contributed by atoms with Crippen LogP contribution in [0.2, 0.25) is 0 Å². The predicted molar refractivity (Wildman–Crippen MR) is 91.6 cm³/mol. The number of non-ortho nitro benzene ring substituents is 1. The lowest BCUT2D eigenvalue weighted by atomic mass is 10.2. The highest BCUT2D eigenvalue weighted by atomic mass is 32.2. The zero-order valence-corrected chi connectivity index (χ0v) is 15.1. The van der Waals surface area contributed by atoms with Gasteiger partial charge in [-0.2, -0.15) is 4.98 Å². The summed E-state index contributed by atoms with van der Waals surface area (Å²) in [6.45, 7) is 4.71. The van der Waals surface area contributed by atoms with Gasteiger partial charge in [0.1, 0.15) is 9.84 Å². The molecule has 0 aliphatic rings. The van der Waals surface area contributed by atoms with E-state index in [4.69, 9.17) is 4.52 Å². The molecule has 0 bridgehead atoms. The Hall–Kier alpha value is -2.33. The molecule has 0 aliphatic carbocycles. The number of hydrogen-bond donors (Lipinski definition) is 0. The van der Waals surface area contributed by atoms with E-state index >= 15 is 0 Å². The van der Waals surface area contributed by atoms with Crippen LogP contribution in [0.15, 0.2) is 28.8 Å². The average Bonchev–Trinajstić information content (AvgIpc) is 2.99.